The molecule has 0 atom stereocenters. The van der Waals surface area contributed by atoms with Gasteiger partial charge in [0.25, 0.3) is 0 Å². The van der Waals surface area contributed by atoms with E-state index in [0.29, 0.717) is 11.6 Å². The lowest BCUT2D eigenvalue weighted by Gasteiger charge is -2.25. The van der Waals surface area contributed by atoms with Crippen LogP contribution in [0.3, 0.4) is 0 Å². The van der Waals surface area contributed by atoms with Crippen molar-refractivity contribution < 1.29 is 13.9 Å². The molecule has 0 bridgehead atoms. The molecule has 5 nitrogen and oxygen atoms in total. The molecule has 0 spiro atoms. The van der Waals surface area contributed by atoms with E-state index in [0.717, 1.165) is 39.3 Å². The van der Waals surface area contributed by atoms with Crippen LogP contribution in [0.2, 0.25) is 0 Å². The number of rotatable bonds is 4. The number of oxazole rings is 1. The normalized spacial score (nSPS) is 17.6. The van der Waals surface area contributed by atoms with E-state index < -0.39 is 0 Å². The summed E-state index contributed by atoms with van der Waals surface area (Å²) < 4.78 is 10.5. The molecule has 5 heteroatoms. The van der Waals surface area contributed by atoms with Crippen molar-refractivity contribution in [1.29, 1.82) is 0 Å². The number of Topliss-reactive ketones (excluding diaryl/α,β-unsaturated/α-hetero) is 1. The Morgan fingerprint density at radius 1 is 1.50 bits per heavy atom. The van der Waals surface area contributed by atoms with E-state index in [1.165, 1.54) is 13.2 Å². The van der Waals surface area contributed by atoms with Gasteiger partial charge in [-0.1, -0.05) is 0 Å². The Kier molecular flexibility index (Phi) is 3.69. The first kappa shape index (κ1) is 11.3. The van der Waals surface area contributed by atoms with Gasteiger partial charge in [0, 0.05) is 33.0 Å². The summed E-state index contributed by atoms with van der Waals surface area (Å²) >= 11 is 0. The Hall–Kier alpha value is -1.20. The van der Waals surface area contributed by atoms with Crippen molar-refractivity contribution in [1.82, 2.24) is 9.88 Å². The SMILES string of the molecule is CC(=O)c1coc(CCN2CCOCC2)n1. The summed E-state index contributed by atoms with van der Waals surface area (Å²) in [7, 11) is 0. The van der Waals surface area contributed by atoms with Gasteiger partial charge in [0.15, 0.2) is 11.7 Å². The Morgan fingerprint density at radius 3 is 2.88 bits per heavy atom. The van der Waals surface area contributed by atoms with Gasteiger partial charge in [0.1, 0.15) is 12.0 Å². The van der Waals surface area contributed by atoms with Crippen LogP contribution in [0.1, 0.15) is 23.3 Å². The highest BCUT2D eigenvalue weighted by Crippen LogP contribution is 2.05. The van der Waals surface area contributed by atoms with Crippen LogP contribution in [0.4, 0.5) is 0 Å². The molecule has 1 saturated heterocycles. The highest BCUT2D eigenvalue weighted by molar-refractivity contribution is 5.91. The van der Waals surface area contributed by atoms with Gasteiger partial charge in [-0.15, -0.1) is 0 Å². The van der Waals surface area contributed by atoms with Crippen LogP contribution in [0, 0.1) is 0 Å². The maximum Gasteiger partial charge on any atom is 0.195 e. The number of carbonyl (C=O) groups excluding carboxylic acids is 1. The van der Waals surface area contributed by atoms with Gasteiger partial charge in [-0.25, -0.2) is 4.98 Å². The molecule has 1 aliphatic rings. The van der Waals surface area contributed by atoms with E-state index in [4.69, 9.17) is 9.15 Å². The van der Waals surface area contributed by atoms with Gasteiger partial charge in [0.05, 0.1) is 13.2 Å². The molecule has 1 aromatic heterocycles. The minimum atomic E-state index is -0.0543. The first-order chi connectivity index (χ1) is 7.75. The summed E-state index contributed by atoms with van der Waals surface area (Å²) in [5, 5.41) is 0. The van der Waals surface area contributed by atoms with Crippen LogP contribution < -0.4 is 0 Å². The quantitative estimate of drug-likeness (QED) is 0.706. The number of morpholine rings is 1. The van der Waals surface area contributed by atoms with Crippen molar-refractivity contribution in [3.8, 4) is 0 Å². The van der Waals surface area contributed by atoms with Crippen molar-refractivity contribution >= 4 is 5.78 Å². The van der Waals surface area contributed by atoms with E-state index >= 15 is 0 Å². The van der Waals surface area contributed by atoms with Gasteiger partial charge in [-0.3, -0.25) is 9.69 Å². The monoisotopic (exact) mass is 224 g/mol. The van der Waals surface area contributed by atoms with E-state index in [1.807, 2.05) is 0 Å². The molecule has 88 valence electrons. The van der Waals surface area contributed by atoms with E-state index in [2.05, 4.69) is 9.88 Å². The highest BCUT2D eigenvalue weighted by atomic mass is 16.5. The van der Waals surface area contributed by atoms with Crippen molar-refractivity contribution in [2.45, 2.75) is 13.3 Å². The fourth-order valence-corrected chi connectivity index (χ4v) is 1.67. The summed E-state index contributed by atoms with van der Waals surface area (Å²) in [5.41, 5.74) is 0.414. The number of ketones is 1. The summed E-state index contributed by atoms with van der Waals surface area (Å²) in [4.78, 5) is 17.4. The summed E-state index contributed by atoms with van der Waals surface area (Å²) in [6.45, 7) is 5.90. The number of carbonyl (C=O) groups is 1. The first-order valence-electron chi connectivity index (χ1n) is 5.51. The minimum Gasteiger partial charge on any atom is -0.448 e. The van der Waals surface area contributed by atoms with Crippen molar-refractivity contribution in [3.05, 3.63) is 17.8 Å². The molecule has 16 heavy (non-hydrogen) atoms. The largest absolute Gasteiger partial charge is 0.448 e. The van der Waals surface area contributed by atoms with Crippen LogP contribution in [0.15, 0.2) is 10.7 Å². The van der Waals surface area contributed by atoms with Gasteiger partial charge in [-0.2, -0.15) is 0 Å². The maximum atomic E-state index is 11.0. The zero-order valence-electron chi connectivity index (χ0n) is 9.44. The van der Waals surface area contributed by atoms with Crippen LogP contribution in [-0.2, 0) is 11.2 Å². The van der Waals surface area contributed by atoms with E-state index in [-0.39, 0.29) is 5.78 Å². The molecule has 0 aromatic carbocycles. The van der Waals surface area contributed by atoms with Crippen LogP contribution in [0.5, 0.6) is 0 Å². The molecule has 0 N–H and O–H groups in total. The molecule has 0 radical (unpaired) electrons. The molecule has 0 saturated carbocycles. The molecule has 1 aromatic rings. The standard InChI is InChI=1S/C11H16N2O3/c1-9(14)10-8-16-11(12-10)2-3-13-4-6-15-7-5-13/h8H,2-7H2,1H3. The topological polar surface area (TPSA) is 55.6 Å². The minimum absolute atomic E-state index is 0.0543. The number of hydrogen-bond acceptors (Lipinski definition) is 5. The van der Waals surface area contributed by atoms with Gasteiger partial charge >= 0.3 is 0 Å². The Morgan fingerprint density at radius 2 is 2.25 bits per heavy atom. The molecule has 1 fully saturated rings. The van der Waals surface area contributed by atoms with E-state index in [1.54, 1.807) is 0 Å². The molecule has 2 heterocycles. The predicted molar refractivity (Wildman–Crippen MR) is 57.5 cm³/mol. The van der Waals surface area contributed by atoms with Gasteiger partial charge < -0.3 is 9.15 Å². The fourth-order valence-electron chi connectivity index (χ4n) is 1.67. The highest BCUT2D eigenvalue weighted by Gasteiger charge is 2.12. The van der Waals surface area contributed by atoms with Crippen molar-refractivity contribution in [2.75, 3.05) is 32.8 Å². The number of hydrogen-bond donors (Lipinski definition) is 0. The molecule has 1 aliphatic heterocycles. The number of nitrogens with zero attached hydrogens (tertiary/aromatic N) is 2. The Balaban J connectivity index is 1.81. The molecule has 0 unspecified atom stereocenters. The lowest BCUT2D eigenvalue weighted by Crippen LogP contribution is -2.37. The van der Waals surface area contributed by atoms with E-state index in [9.17, 15) is 4.79 Å². The second kappa shape index (κ2) is 5.23. The molecule has 0 amide bonds. The fraction of sp³-hybridized carbons (Fsp3) is 0.636. The summed E-state index contributed by atoms with van der Waals surface area (Å²) in [6, 6.07) is 0. The van der Waals surface area contributed by atoms with Crippen molar-refractivity contribution in [3.63, 3.8) is 0 Å². The lowest BCUT2D eigenvalue weighted by atomic mass is 10.3. The summed E-state index contributed by atoms with van der Waals surface area (Å²) in [5.74, 6) is 0.582. The van der Waals surface area contributed by atoms with Gasteiger partial charge in [-0.05, 0) is 0 Å². The third-order valence-electron chi connectivity index (χ3n) is 2.66. The summed E-state index contributed by atoms with van der Waals surface area (Å²) in [6.07, 6.45) is 2.17. The third kappa shape index (κ3) is 2.90. The lowest BCUT2D eigenvalue weighted by molar-refractivity contribution is 0.0377. The third-order valence-corrected chi connectivity index (χ3v) is 2.66. The average Bonchev–Trinajstić information content (AvgIpc) is 2.76. The Bertz CT molecular complexity index is 356. The zero-order valence-corrected chi connectivity index (χ0v) is 9.44. The predicted octanol–water partition coefficient (Wildman–Crippen LogP) is 0.752. The zero-order chi connectivity index (χ0) is 11.4. The smallest absolute Gasteiger partial charge is 0.195 e. The van der Waals surface area contributed by atoms with Crippen LogP contribution in [-0.4, -0.2) is 48.5 Å². The van der Waals surface area contributed by atoms with Crippen molar-refractivity contribution in [2.24, 2.45) is 0 Å². The second-order valence-corrected chi connectivity index (χ2v) is 3.89. The molecule has 0 aliphatic carbocycles. The Labute approximate surface area is 94.4 Å². The number of aromatic nitrogens is 1. The van der Waals surface area contributed by atoms with Crippen LogP contribution >= 0.6 is 0 Å². The molecule has 2 rings (SSSR count). The maximum absolute atomic E-state index is 11.0. The molecular weight excluding hydrogens is 208 g/mol. The van der Waals surface area contributed by atoms with Gasteiger partial charge in [0.2, 0.25) is 0 Å². The van der Waals surface area contributed by atoms with Crippen LogP contribution in [0.25, 0.3) is 0 Å². The second-order valence-electron chi connectivity index (χ2n) is 3.89. The number of ether oxygens (including phenoxy) is 1. The first-order valence-corrected chi connectivity index (χ1v) is 5.51. The molecular formula is C11H16N2O3. The average molecular weight is 224 g/mol.